The molecule has 0 fully saturated rings. The fraction of sp³-hybridized carbons (Fsp3) is 0.115. The van der Waals surface area contributed by atoms with Crippen LogP contribution in [0.3, 0.4) is 0 Å². The van der Waals surface area contributed by atoms with Crippen LogP contribution in [-0.2, 0) is 6.61 Å². The van der Waals surface area contributed by atoms with Crippen LogP contribution in [0.25, 0.3) is 33.9 Å². The summed E-state index contributed by atoms with van der Waals surface area (Å²) in [5.74, 6) is 0.564. The van der Waals surface area contributed by atoms with Crippen molar-refractivity contribution in [3.8, 4) is 22.7 Å². The molecule has 0 saturated heterocycles. The summed E-state index contributed by atoms with van der Waals surface area (Å²) in [5, 5.41) is 11.2. The molecular formula is C26H20INO3. The average molecular weight is 521 g/mol. The van der Waals surface area contributed by atoms with Gasteiger partial charge in [-0.15, -0.1) is 0 Å². The Morgan fingerprint density at radius 1 is 1.06 bits per heavy atom. The molecule has 5 heteroatoms. The van der Waals surface area contributed by atoms with Gasteiger partial charge in [0.15, 0.2) is 5.78 Å². The molecule has 1 heterocycles. The fourth-order valence-corrected chi connectivity index (χ4v) is 4.83. The Bertz CT molecular complexity index is 1380. The summed E-state index contributed by atoms with van der Waals surface area (Å²) in [4.78, 5) is 13.2. The van der Waals surface area contributed by atoms with E-state index in [0.29, 0.717) is 16.9 Å². The second-order valence-electron chi connectivity index (χ2n) is 7.63. The van der Waals surface area contributed by atoms with E-state index in [4.69, 9.17) is 4.74 Å². The molecule has 0 unspecified atom stereocenters. The predicted octanol–water partition coefficient (Wildman–Crippen LogP) is 5.92. The maximum absolute atomic E-state index is 13.2. The smallest absolute Gasteiger partial charge is 0.188 e. The highest BCUT2D eigenvalue weighted by atomic mass is 127. The highest BCUT2D eigenvalue weighted by Crippen LogP contribution is 2.43. The van der Waals surface area contributed by atoms with E-state index in [0.717, 1.165) is 42.5 Å². The van der Waals surface area contributed by atoms with E-state index in [9.17, 15) is 9.90 Å². The van der Waals surface area contributed by atoms with Crippen molar-refractivity contribution < 1.29 is 14.6 Å². The lowest BCUT2D eigenvalue weighted by Gasteiger charge is -2.17. The van der Waals surface area contributed by atoms with E-state index in [-0.39, 0.29) is 12.4 Å². The molecule has 0 radical (unpaired) electrons. The van der Waals surface area contributed by atoms with Crippen molar-refractivity contribution in [3.05, 3.63) is 86.5 Å². The molecule has 31 heavy (non-hydrogen) atoms. The molecule has 0 amide bonds. The van der Waals surface area contributed by atoms with Crippen LogP contribution < -0.4 is 4.74 Å². The third-order valence-electron chi connectivity index (χ3n) is 5.76. The number of benzene rings is 3. The van der Waals surface area contributed by atoms with Gasteiger partial charge in [0.25, 0.3) is 0 Å². The van der Waals surface area contributed by atoms with E-state index < -0.39 is 0 Å². The molecule has 1 N–H and O–H groups in total. The number of aliphatic hydroxyl groups is 1. The molecule has 1 aliphatic carbocycles. The quantitative estimate of drug-likeness (QED) is 0.340. The molecule has 5 rings (SSSR count). The maximum Gasteiger partial charge on any atom is 0.188 e. The number of allylic oxidation sites excluding steroid dienone is 1. The summed E-state index contributed by atoms with van der Waals surface area (Å²) >= 11 is 2.29. The SMILES string of the molecule is COc1cccc(-c2c3c4c(cc(C)cc4n2-c2ccc(I)cc2)C=CC3=O)c1CO. The number of rotatable bonds is 4. The second kappa shape index (κ2) is 7.66. The van der Waals surface area contributed by atoms with E-state index in [1.165, 1.54) is 0 Å². The minimum Gasteiger partial charge on any atom is -0.496 e. The number of aromatic nitrogens is 1. The van der Waals surface area contributed by atoms with Gasteiger partial charge in [-0.25, -0.2) is 0 Å². The van der Waals surface area contributed by atoms with Gasteiger partial charge < -0.3 is 14.4 Å². The number of hydrogen-bond acceptors (Lipinski definition) is 3. The Hall–Kier alpha value is -2.90. The molecule has 0 spiro atoms. The molecular weight excluding hydrogens is 501 g/mol. The summed E-state index contributed by atoms with van der Waals surface area (Å²) in [5.41, 5.74) is 6.99. The molecule has 4 aromatic rings. The van der Waals surface area contributed by atoms with Crippen molar-refractivity contribution in [2.24, 2.45) is 0 Å². The van der Waals surface area contributed by atoms with Crippen molar-refractivity contribution in [2.45, 2.75) is 13.5 Å². The molecule has 154 valence electrons. The third-order valence-corrected chi connectivity index (χ3v) is 6.47. The van der Waals surface area contributed by atoms with Gasteiger partial charge in [0.1, 0.15) is 5.75 Å². The first-order valence-electron chi connectivity index (χ1n) is 9.98. The fourth-order valence-electron chi connectivity index (χ4n) is 4.47. The van der Waals surface area contributed by atoms with Crippen LogP contribution in [0.5, 0.6) is 5.75 Å². The van der Waals surface area contributed by atoms with Gasteiger partial charge in [-0.2, -0.15) is 0 Å². The first kappa shape index (κ1) is 20.0. The molecule has 0 aliphatic heterocycles. The van der Waals surface area contributed by atoms with Crippen LogP contribution in [0.4, 0.5) is 0 Å². The number of carbonyl (C=O) groups is 1. The topological polar surface area (TPSA) is 51.5 Å². The van der Waals surface area contributed by atoms with E-state index in [1.807, 2.05) is 24.3 Å². The minimum atomic E-state index is -0.192. The zero-order chi connectivity index (χ0) is 21.7. The van der Waals surface area contributed by atoms with Crippen molar-refractivity contribution in [2.75, 3.05) is 7.11 Å². The van der Waals surface area contributed by atoms with Crippen LogP contribution >= 0.6 is 22.6 Å². The second-order valence-corrected chi connectivity index (χ2v) is 8.87. The summed E-state index contributed by atoms with van der Waals surface area (Å²) in [6, 6.07) is 18.1. The van der Waals surface area contributed by atoms with Gasteiger partial charge in [-0.1, -0.05) is 24.3 Å². The van der Waals surface area contributed by atoms with Crippen molar-refractivity contribution >= 4 is 45.4 Å². The Labute approximate surface area is 193 Å². The van der Waals surface area contributed by atoms with E-state index in [2.05, 4.69) is 70.5 Å². The van der Waals surface area contributed by atoms with Crippen LogP contribution in [-0.4, -0.2) is 22.6 Å². The Kier molecular flexibility index (Phi) is 4.95. The van der Waals surface area contributed by atoms with Crippen LogP contribution in [0, 0.1) is 10.5 Å². The van der Waals surface area contributed by atoms with Crippen LogP contribution in [0.2, 0.25) is 0 Å². The zero-order valence-electron chi connectivity index (χ0n) is 17.1. The maximum atomic E-state index is 13.2. The van der Waals surface area contributed by atoms with Gasteiger partial charge >= 0.3 is 0 Å². The Morgan fingerprint density at radius 3 is 2.55 bits per heavy atom. The average Bonchev–Trinajstić information content (AvgIpc) is 3.12. The first-order chi connectivity index (χ1) is 15.0. The number of nitrogens with zero attached hydrogens (tertiary/aromatic N) is 1. The number of methoxy groups -OCH3 is 1. The standard InChI is InChI=1S/C26H20INO3/c1-15-12-16-6-11-22(30)25-24(16)21(13-15)28(18-9-7-17(27)8-10-18)26(25)19-4-3-5-23(31-2)20(19)14-29/h3-13,29H,14H2,1-2H3. The Balaban J connectivity index is 1.99. The van der Waals surface area contributed by atoms with Gasteiger partial charge in [-0.05, 0) is 83.1 Å². The highest BCUT2D eigenvalue weighted by molar-refractivity contribution is 14.1. The first-order valence-corrected chi connectivity index (χ1v) is 11.1. The summed E-state index contributed by atoms with van der Waals surface area (Å²) in [7, 11) is 1.59. The number of ether oxygens (including phenoxy) is 1. The number of carbonyl (C=O) groups excluding carboxylic acids is 1. The molecule has 0 saturated carbocycles. The number of halogens is 1. The third kappa shape index (κ3) is 3.11. The van der Waals surface area contributed by atoms with Crippen molar-refractivity contribution in [3.63, 3.8) is 0 Å². The lowest BCUT2D eigenvalue weighted by molar-refractivity contribution is 0.104. The lowest BCUT2D eigenvalue weighted by atomic mass is 9.92. The molecule has 0 atom stereocenters. The van der Waals surface area contributed by atoms with Crippen molar-refractivity contribution in [1.82, 2.24) is 4.57 Å². The summed E-state index contributed by atoms with van der Waals surface area (Å²) in [6.07, 6.45) is 3.53. The monoisotopic (exact) mass is 521 g/mol. The van der Waals surface area contributed by atoms with Gasteiger partial charge in [-0.3, -0.25) is 4.79 Å². The summed E-state index contributed by atoms with van der Waals surface area (Å²) < 4.78 is 8.79. The largest absolute Gasteiger partial charge is 0.496 e. The summed E-state index contributed by atoms with van der Waals surface area (Å²) in [6.45, 7) is 1.87. The zero-order valence-corrected chi connectivity index (χ0v) is 19.3. The van der Waals surface area contributed by atoms with Gasteiger partial charge in [0, 0.05) is 25.8 Å². The number of ketones is 1. The molecule has 3 aromatic carbocycles. The molecule has 4 nitrogen and oxygen atoms in total. The van der Waals surface area contributed by atoms with Crippen LogP contribution in [0.1, 0.15) is 27.0 Å². The Morgan fingerprint density at radius 2 is 1.84 bits per heavy atom. The highest BCUT2D eigenvalue weighted by Gasteiger charge is 2.29. The van der Waals surface area contributed by atoms with Crippen LogP contribution in [0.15, 0.2) is 60.7 Å². The van der Waals surface area contributed by atoms with E-state index in [1.54, 1.807) is 13.2 Å². The molecule has 0 bridgehead atoms. The van der Waals surface area contributed by atoms with Crippen molar-refractivity contribution in [1.29, 1.82) is 0 Å². The molecule has 1 aromatic heterocycles. The molecule has 1 aliphatic rings. The van der Waals surface area contributed by atoms with Gasteiger partial charge in [0.2, 0.25) is 0 Å². The van der Waals surface area contributed by atoms with Gasteiger partial charge in [0.05, 0.1) is 30.5 Å². The number of aliphatic hydroxyl groups excluding tert-OH is 1. The van der Waals surface area contributed by atoms with E-state index >= 15 is 0 Å². The minimum absolute atomic E-state index is 0.0349. The number of hydrogen-bond donors (Lipinski definition) is 1. The lowest BCUT2D eigenvalue weighted by Crippen LogP contribution is -2.05. The predicted molar refractivity (Wildman–Crippen MR) is 132 cm³/mol. The number of aryl methyl sites for hydroxylation is 1. The normalized spacial score (nSPS) is 12.6.